The highest BCUT2D eigenvalue weighted by Crippen LogP contribution is 2.57. The van der Waals surface area contributed by atoms with E-state index in [2.05, 4.69) is 22.2 Å². The fourth-order valence-corrected chi connectivity index (χ4v) is 4.88. The minimum Gasteiger partial charge on any atom is -0.494 e. The largest absolute Gasteiger partial charge is 0.494 e. The Hall–Kier alpha value is -3.78. The number of benzene rings is 2. The van der Waals surface area contributed by atoms with Gasteiger partial charge >= 0.3 is 0 Å². The van der Waals surface area contributed by atoms with Gasteiger partial charge in [-0.3, -0.25) is 9.48 Å². The molecule has 172 valence electrons. The molecule has 2 aromatic carbocycles. The predicted molar refractivity (Wildman–Crippen MR) is 128 cm³/mol. The number of carbonyl (C=O) groups excluding carboxylic acids is 1. The van der Waals surface area contributed by atoms with Gasteiger partial charge in [-0.2, -0.15) is 5.10 Å². The lowest BCUT2D eigenvalue weighted by atomic mass is 10.0. The van der Waals surface area contributed by atoms with E-state index < -0.39 is 5.41 Å². The number of hydrogen-bond donors (Lipinski definition) is 1. The summed E-state index contributed by atoms with van der Waals surface area (Å²) in [6.45, 7) is 3.93. The quantitative estimate of drug-likeness (QED) is 0.469. The van der Waals surface area contributed by atoms with Crippen LogP contribution in [-0.2, 0) is 16.1 Å². The van der Waals surface area contributed by atoms with Gasteiger partial charge < -0.3 is 14.8 Å². The van der Waals surface area contributed by atoms with Crippen molar-refractivity contribution in [2.24, 2.45) is 11.3 Å². The van der Waals surface area contributed by atoms with Crippen molar-refractivity contribution in [3.05, 3.63) is 55.0 Å². The Kier molecular flexibility index (Phi) is 4.84. The molecule has 1 saturated carbocycles. The van der Waals surface area contributed by atoms with Crippen molar-refractivity contribution in [2.75, 3.05) is 25.6 Å². The number of aromatic nitrogens is 4. The number of anilines is 1. The first-order valence-corrected chi connectivity index (χ1v) is 11.5. The summed E-state index contributed by atoms with van der Waals surface area (Å²) in [6.07, 6.45) is 4.44. The molecule has 8 heteroatoms. The van der Waals surface area contributed by atoms with E-state index in [0.29, 0.717) is 30.6 Å². The van der Waals surface area contributed by atoms with Crippen molar-refractivity contribution in [1.82, 2.24) is 19.7 Å². The Balaban J connectivity index is 1.47. The van der Waals surface area contributed by atoms with Gasteiger partial charge in [0, 0.05) is 41.2 Å². The van der Waals surface area contributed by atoms with Crippen LogP contribution in [-0.4, -0.2) is 46.0 Å². The van der Waals surface area contributed by atoms with Gasteiger partial charge in [-0.1, -0.05) is 30.3 Å². The molecule has 0 radical (unpaired) electrons. The molecule has 0 unspecified atom stereocenters. The maximum absolute atomic E-state index is 13.1. The average molecular weight is 456 g/mol. The molecule has 2 atom stereocenters. The number of aryl methyl sites for hydroxylation is 1. The van der Waals surface area contributed by atoms with Crippen LogP contribution in [0.4, 0.5) is 5.69 Å². The van der Waals surface area contributed by atoms with E-state index in [1.807, 2.05) is 53.3 Å². The molecule has 1 N–H and O–H groups in total. The summed E-state index contributed by atoms with van der Waals surface area (Å²) in [6, 6.07) is 13.8. The van der Waals surface area contributed by atoms with Crippen molar-refractivity contribution in [3.8, 4) is 28.3 Å². The van der Waals surface area contributed by atoms with Gasteiger partial charge in [-0.05, 0) is 19.4 Å². The summed E-state index contributed by atoms with van der Waals surface area (Å²) in [5.41, 5.74) is 4.46. The second-order valence-electron chi connectivity index (χ2n) is 8.93. The molecular weight excluding hydrogens is 430 g/mol. The zero-order valence-corrected chi connectivity index (χ0v) is 19.1. The summed E-state index contributed by atoms with van der Waals surface area (Å²) >= 11 is 0. The van der Waals surface area contributed by atoms with E-state index >= 15 is 0 Å². The lowest BCUT2D eigenvalue weighted by molar-refractivity contribution is -0.121. The number of hydrogen-bond acceptors (Lipinski definition) is 6. The van der Waals surface area contributed by atoms with Gasteiger partial charge in [-0.15, -0.1) is 0 Å². The second kappa shape index (κ2) is 7.92. The van der Waals surface area contributed by atoms with Crippen molar-refractivity contribution < 1.29 is 14.3 Å². The second-order valence-corrected chi connectivity index (χ2v) is 8.93. The molecule has 8 nitrogen and oxygen atoms in total. The fraction of sp³-hybridized carbons (Fsp3) is 0.308. The standard InChI is InChI=1S/C26H25N5O3/c1-3-31-12-19(23(30-31)16-7-5-4-6-8-16)24-18-9-21(22(33-2)10-20(18)27-15-28-24)29-25(32)26-11-17(26)13-34-14-26/h4-10,12,15,17H,3,11,13-14H2,1-2H3,(H,29,32)/t17-,26-/m1/s1. The van der Waals surface area contributed by atoms with Crippen LogP contribution in [0.3, 0.4) is 0 Å². The molecule has 6 rings (SSSR count). The molecule has 1 saturated heterocycles. The monoisotopic (exact) mass is 455 g/mol. The third-order valence-corrected chi connectivity index (χ3v) is 6.96. The number of nitrogens with zero attached hydrogens (tertiary/aromatic N) is 4. The van der Waals surface area contributed by atoms with Gasteiger partial charge in [0.05, 0.1) is 42.6 Å². The highest BCUT2D eigenvalue weighted by Gasteiger charge is 2.63. The van der Waals surface area contributed by atoms with Crippen molar-refractivity contribution >= 4 is 22.5 Å². The molecule has 1 aliphatic carbocycles. The highest BCUT2D eigenvalue weighted by atomic mass is 16.5. The lowest BCUT2D eigenvalue weighted by Crippen LogP contribution is -2.27. The van der Waals surface area contributed by atoms with Crippen LogP contribution < -0.4 is 10.1 Å². The number of carbonyl (C=O) groups is 1. The molecule has 1 amide bonds. The Morgan fingerprint density at radius 2 is 2.09 bits per heavy atom. The topological polar surface area (TPSA) is 91.2 Å². The first-order chi connectivity index (χ1) is 16.6. The van der Waals surface area contributed by atoms with E-state index in [4.69, 9.17) is 14.6 Å². The molecule has 2 fully saturated rings. The highest BCUT2D eigenvalue weighted by molar-refractivity contribution is 6.04. The summed E-state index contributed by atoms with van der Waals surface area (Å²) in [7, 11) is 1.59. The van der Waals surface area contributed by atoms with E-state index in [0.717, 1.165) is 46.4 Å². The van der Waals surface area contributed by atoms with Gasteiger partial charge in [-0.25, -0.2) is 9.97 Å². The molecule has 0 spiro atoms. The van der Waals surface area contributed by atoms with E-state index in [1.165, 1.54) is 0 Å². The van der Waals surface area contributed by atoms with Gasteiger partial charge in [0.1, 0.15) is 17.8 Å². The fourth-order valence-electron chi connectivity index (χ4n) is 4.88. The Morgan fingerprint density at radius 1 is 1.24 bits per heavy atom. The normalized spacial score (nSPS) is 20.8. The Morgan fingerprint density at radius 3 is 2.79 bits per heavy atom. The van der Waals surface area contributed by atoms with Crippen LogP contribution in [0, 0.1) is 11.3 Å². The minimum absolute atomic E-state index is 0.0187. The Labute approximate surface area is 196 Å². The lowest BCUT2D eigenvalue weighted by Gasteiger charge is -2.16. The number of nitrogens with one attached hydrogen (secondary N) is 1. The van der Waals surface area contributed by atoms with Crippen molar-refractivity contribution in [1.29, 1.82) is 0 Å². The van der Waals surface area contributed by atoms with Crippen LogP contribution >= 0.6 is 0 Å². The van der Waals surface area contributed by atoms with Crippen molar-refractivity contribution in [3.63, 3.8) is 0 Å². The smallest absolute Gasteiger partial charge is 0.233 e. The van der Waals surface area contributed by atoms with Crippen LogP contribution in [0.25, 0.3) is 33.4 Å². The number of ether oxygens (including phenoxy) is 2. The van der Waals surface area contributed by atoms with Gasteiger partial charge in [0.15, 0.2) is 0 Å². The first-order valence-electron chi connectivity index (χ1n) is 11.5. The number of fused-ring (bicyclic) bond motifs is 2. The molecule has 2 aliphatic rings. The molecule has 1 aliphatic heterocycles. The zero-order valence-electron chi connectivity index (χ0n) is 19.1. The zero-order chi connectivity index (χ0) is 23.3. The Bertz CT molecular complexity index is 1400. The minimum atomic E-state index is -0.404. The van der Waals surface area contributed by atoms with E-state index in [-0.39, 0.29) is 5.91 Å². The number of amides is 1. The molecule has 3 heterocycles. The van der Waals surface area contributed by atoms with Crippen molar-refractivity contribution in [2.45, 2.75) is 19.9 Å². The first kappa shape index (κ1) is 20.8. The van der Waals surface area contributed by atoms with Crippen LogP contribution in [0.1, 0.15) is 13.3 Å². The van der Waals surface area contributed by atoms with Crippen LogP contribution in [0.15, 0.2) is 55.0 Å². The summed E-state index contributed by atoms with van der Waals surface area (Å²) in [4.78, 5) is 22.2. The van der Waals surface area contributed by atoms with Gasteiger partial charge in [0.25, 0.3) is 0 Å². The molecule has 0 bridgehead atoms. The maximum atomic E-state index is 13.1. The van der Waals surface area contributed by atoms with Crippen LogP contribution in [0.2, 0.25) is 0 Å². The van der Waals surface area contributed by atoms with E-state index in [9.17, 15) is 4.79 Å². The third kappa shape index (κ3) is 3.25. The predicted octanol–water partition coefficient (Wildman–Crippen LogP) is 4.16. The maximum Gasteiger partial charge on any atom is 0.233 e. The number of methoxy groups -OCH3 is 1. The number of rotatable bonds is 6. The summed E-state index contributed by atoms with van der Waals surface area (Å²) in [5.74, 6) is 0.853. The third-order valence-electron chi connectivity index (χ3n) is 6.96. The molecular formula is C26H25N5O3. The molecule has 2 aromatic heterocycles. The average Bonchev–Trinajstić information content (AvgIpc) is 3.21. The summed E-state index contributed by atoms with van der Waals surface area (Å²) < 4.78 is 13.0. The molecule has 4 aromatic rings. The summed E-state index contributed by atoms with van der Waals surface area (Å²) in [5, 5.41) is 8.72. The van der Waals surface area contributed by atoms with Gasteiger partial charge in [0.2, 0.25) is 5.91 Å². The van der Waals surface area contributed by atoms with Crippen LogP contribution in [0.5, 0.6) is 5.75 Å². The molecule has 34 heavy (non-hydrogen) atoms. The van der Waals surface area contributed by atoms with E-state index in [1.54, 1.807) is 13.4 Å². The SMILES string of the molecule is CCn1cc(-c2ncnc3cc(OC)c(NC(=O)[C@]45COC[C@H]4C5)cc23)c(-c2ccccc2)n1.